The minimum Gasteiger partial charge on any atom is -0.497 e. The summed E-state index contributed by atoms with van der Waals surface area (Å²) in [5.74, 6) is 0.945. The lowest BCUT2D eigenvalue weighted by Gasteiger charge is -2.05. The van der Waals surface area contributed by atoms with Crippen molar-refractivity contribution >= 4 is 56.0 Å². The number of amides is 1. The molecule has 0 fully saturated rings. The van der Waals surface area contributed by atoms with Gasteiger partial charge in [0.2, 0.25) is 11.0 Å². The first-order valence-electron chi connectivity index (χ1n) is 7.02. The lowest BCUT2D eigenvalue weighted by molar-refractivity contribution is -0.118. The molecule has 0 bridgehead atoms. The van der Waals surface area contributed by atoms with Crippen LogP contribution in [0.3, 0.4) is 0 Å². The van der Waals surface area contributed by atoms with E-state index in [9.17, 15) is 4.79 Å². The van der Waals surface area contributed by atoms with Crippen molar-refractivity contribution < 1.29 is 9.53 Å². The largest absolute Gasteiger partial charge is 0.497 e. The Labute approximate surface area is 152 Å². The molecule has 0 radical (unpaired) electrons. The molecule has 0 unspecified atom stereocenters. The van der Waals surface area contributed by atoms with Crippen molar-refractivity contribution in [2.75, 3.05) is 18.3 Å². The van der Waals surface area contributed by atoms with E-state index in [0.29, 0.717) is 15.9 Å². The van der Waals surface area contributed by atoms with Gasteiger partial charge in [-0.25, -0.2) is 4.98 Å². The van der Waals surface area contributed by atoms with Gasteiger partial charge in [0.25, 0.3) is 0 Å². The highest BCUT2D eigenvalue weighted by atomic mass is 35.5. The van der Waals surface area contributed by atoms with Gasteiger partial charge in [-0.05, 0) is 42.5 Å². The topological polar surface area (TPSA) is 63.2 Å². The molecule has 0 aliphatic heterocycles. The number of rotatable bonds is 6. The Morgan fingerprint density at radius 3 is 2.83 bits per heavy atom. The number of aromatic nitrogens is 1. The van der Waals surface area contributed by atoms with E-state index in [1.54, 1.807) is 19.2 Å². The number of halogens is 1. The summed E-state index contributed by atoms with van der Waals surface area (Å²) in [6.07, 6.45) is 0. The number of fused-ring (bicyclic) bond motifs is 1. The first-order valence-corrected chi connectivity index (χ1v) is 9.20. The molecule has 0 aliphatic rings. The number of hydrogen-bond donors (Lipinski definition) is 2. The van der Waals surface area contributed by atoms with E-state index in [4.69, 9.17) is 16.3 Å². The predicted molar refractivity (Wildman–Crippen MR) is 100 cm³/mol. The van der Waals surface area contributed by atoms with Crippen LogP contribution in [0, 0.1) is 0 Å². The number of hydrogen-bond acceptors (Lipinski definition) is 6. The first-order chi connectivity index (χ1) is 11.6. The number of carbonyl (C=O) groups excluding carboxylic acids is 1. The minimum absolute atomic E-state index is 0.133. The summed E-state index contributed by atoms with van der Waals surface area (Å²) < 4.78 is 6.18. The highest BCUT2D eigenvalue weighted by molar-refractivity contribution is 8.00. The van der Waals surface area contributed by atoms with E-state index in [0.717, 1.165) is 20.9 Å². The molecule has 0 atom stereocenters. The van der Waals surface area contributed by atoms with E-state index in [1.165, 1.54) is 23.1 Å². The number of carbonyl (C=O) groups is 1. The predicted octanol–water partition coefficient (Wildman–Crippen LogP) is 4.19. The van der Waals surface area contributed by atoms with Gasteiger partial charge in [-0.3, -0.25) is 15.6 Å². The molecule has 124 valence electrons. The second kappa shape index (κ2) is 7.74. The monoisotopic (exact) mass is 379 g/mol. The van der Waals surface area contributed by atoms with E-state index < -0.39 is 0 Å². The van der Waals surface area contributed by atoms with Crippen LogP contribution in [0.2, 0.25) is 5.02 Å². The van der Waals surface area contributed by atoms with Crippen LogP contribution in [0.15, 0.2) is 47.4 Å². The Kier molecular flexibility index (Phi) is 5.44. The van der Waals surface area contributed by atoms with E-state index in [-0.39, 0.29) is 5.91 Å². The van der Waals surface area contributed by atoms with Gasteiger partial charge in [0.15, 0.2) is 0 Å². The number of ether oxygens (including phenoxy) is 1. The van der Waals surface area contributed by atoms with E-state index in [1.807, 2.05) is 30.3 Å². The van der Waals surface area contributed by atoms with Gasteiger partial charge in [0.1, 0.15) is 5.75 Å². The Morgan fingerprint density at radius 1 is 1.29 bits per heavy atom. The van der Waals surface area contributed by atoms with Crippen molar-refractivity contribution in [2.45, 2.75) is 4.90 Å². The molecule has 5 nitrogen and oxygen atoms in total. The maximum atomic E-state index is 11.9. The molecule has 1 aromatic heterocycles. The van der Waals surface area contributed by atoms with Crippen LogP contribution in [-0.4, -0.2) is 23.8 Å². The third-order valence-electron chi connectivity index (χ3n) is 3.09. The van der Waals surface area contributed by atoms with Crippen LogP contribution in [0.25, 0.3) is 10.2 Å². The first kappa shape index (κ1) is 16.9. The molecule has 2 N–H and O–H groups in total. The maximum absolute atomic E-state index is 11.9. The van der Waals surface area contributed by atoms with Gasteiger partial charge in [-0.1, -0.05) is 22.9 Å². The second-order valence-electron chi connectivity index (χ2n) is 4.77. The number of methoxy groups -OCH3 is 1. The summed E-state index contributed by atoms with van der Waals surface area (Å²) in [5.41, 5.74) is 6.36. The number of nitrogens with zero attached hydrogens (tertiary/aromatic N) is 1. The highest BCUT2D eigenvalue weighted by Gasteiger charge is 2.07. The maximum Gasteiger partial charge on any atom is 0.248 e. The van der Waals surface area contributed by atoms with Gasteiger partial charge >= 0.3 is 0 Å². The molecule has 8 heteroatoms. The van der Waals surface area contributed by atoms with Crippen LogP contribution in [-0.2, 0) is 4.79 Å². The lowest BCUT2D eigenvalue weighted by Crippen LogP contribution is -2.30. The fraction of sp³-hybridized carbons (Fsp3) is 0.125. The number of hydrazine groups is 1. The number of thiazole rings is 1. The quantitative estimate of drug-likeness (QED) is 0.496. The third kappa shape index (κ3) is 4.31. The van der Waals surface area contributed by atoms with Crippen LogP contribution in [0.1, 0.15) is 0 Å². The zero-order valence-corrected chi connectivity index (χ0v) is 15.1. The summed E-state index contributed by atoms with van der Waals surface area (Å²) in [4.78, 5) is 17.3. The van der Waals surface area contributed by atoms with Crippen LogP contribution in [0.5, 0.6) is 5.75 Å². The average molecular weight is 380 g/mol. The molecule has 0 aliphatic carbocycles. The van der Waals surface area contributed by atoms with Crippen molar-refractivity contribution in [3.63, 3.8) is 0 Å². The van der Waals surface area contributed by atoms with Crippen molar-refractivity contribution in [3.05, 3.63) is 47.5 Å². The molecule has 2 aromatic carbocycles. The third-order valence-corrected chi connectivity index (χ3v) is 5.29. The Balaban J connectivity index is 1.53. The molecular formula is C16H14ClN3O2S2. The van der Waals surface area contributed by atoms with E-state index >= 15 is 0 Å². The SMILES string of the molecule is COc1ccc2nc(NNC(=O)CSc3ccc(Cl)cc3)sc2c1. The Hall–Kier alpha value is -1.96. The van der Waals surface area contributed by atoms with Gasteiger partial charge in [-0.15, -0.1) is 11.8 Å². The molecule has 1 heterocycles. The fourth-order valence-electron chi connectivity index (χ4n) is 1.92. The van der Waals surface area contributed by atoms with E-state index in [2.05, 4.69) is 15.8 Å². The summed E-state index contributed by atoms with van der Waals surface area (Å²) in [6, 6.07) is 13.0. The van der Waals surface area contributed by atoms with Gasteiger partial charge in [0.05, 0.1) is 23.1 Å². The molecule has 0 saturated carbocycles. The molecule has 0 spiro atoms. The van der Waals surface area contributed by atoms with Gasteiger partial charge in [0, 0.05) is 9.92 Å². The van der Waals surface area contributed by atoms with Crippen molar-refractivity contribution in [2.24, 2.45) is 0 Å². The van der Waals surface area contributed by atoms with Crippen LogP contribution < -0.4 is 15.6 Å². The summed E-state index contributed by atoms with van der Waals surface area (Å²) >= 11 is 8.72. The van der Waals surface area contributed by atoms with Gasteiger partial charge < -0.3 is 4.74 Å². The zero-order valence-electron chi connectivity index (χ0n) is 12.7. The van der Waals surface area contributed by atoms with Crippen molar-refractivity contribution in [3.8, 4) is 5.75 Å². The number of anilines is 1. The molecule has 3 aromatic rings. The van der Waals surface area contributed by atoms with Crippen LogP contribution >= 0.6 is 34.7 Å². The van der Waals surface area contributed by atoms with Gasteiger partial charge in [-0.2, -0.15) is 0 Å². The second-order valence-corrected chi connectivity index (χ2v) is 7.28. The Bertz CT molecular complexity index is 852. The smallest absolute Gasteiger partial charge is 0.248 e. The minimum atomic E-state index is -0.133. The molecule has 0 saturated heterocycles. The summed E-state index contributed by atoms with van der Waals surface area (Å²) in [7, 11) is 1.62. The number of benzene rings is 2. The number of thioether (sulfide) groups is 1. The average Bonchev–Trinajstić information content (AvgIpc) is 3.01. The van der Waals surface area contributed by atoms with Crippen molar-refractivity contribution in [1.29, 1.82) is 0 Å². The standard InChI is InChI=1S/C16H14ClN3O2S2/c1-22-11-4-7-13-14(8-11)24-16(18-13)20-19-15(21)9-23-12-5-2-10(17)3-6-12/h2-8H,9H2,1H3,(H,18,20)(H,19,21). The molecule has 1 amide bonds. The number of nitrogens with one attached hydrogen (secondary N) is 2. The summed E-state index contributed by atoms with van der Waals surface area (Å²) in [5, 5.41) is 1.31. The normalized spacial score (nSPS) is 10.6. The molecular weight excluding hydrogens is 366 g/mol. The highest BCUT2D eigenvalue weighted by Crippen LogP contribution is 2.28. The molecule has 24 heavy (non-hydrogen) atoms. The fourth-order valence-corrected chi connectivity index (χ4v) is 3.60. The Morgan fingerprint density at radius 2 is 2.08 bits per heavy atom. The van der Waals surface area contributed by atoms with Crippen molar-refractivity contribution in [1.82, 2.24) is 10.4 Å². The lowest BCUT2D eigenvalue weighted by atomic mass is 10.3. The molecule has 3 rings (SSSR count). The zero-order chi connectivity index (χ0) is 16.9. The summed E-state index contributed by atoms with van der Waals surface area (Å²) in [6.45, 7) is 0. The van der Waals surface area contributed by atoms with Crippen LogP contribution in [0.4, 0.5) is 5.13 Å².